The maximum atomic E-state index is 11.1. The molecule has 2 nitrogen and oxygen atoms in total. The minimum Gasteiger partial charge on any atom is -0.359 e. The Labute approximate surface area is 67.0 Å². The van der Waals surface area contributed by atoms with Gasteiger partial charge in [-0.05, 0) is 13.3 Å². The van der Waals surface area contributed by atoms with E-state index >= 15 is 0 Å². The number of rotatable bonds is 1. The van der Waals surface area contributed by atoms with Gasteiger partial charge in [-0.1, -0.05) is 23.8 Å². The summed E-state index contributed by atoms with van der Waals surface area (Å²) in [6, 6.07) is 0. The number of carbonyl (C=O) groups is 1. The van der Waals surface area contributed by atoms with Crippen LogP contribution in [-0.4, -0.2) is 13.0 Å². The van der Waals surface area contributed by atoms with E-state index in [4.69, 9.17) is 0 Å². The predicted molar refractivity (Wildman–Crippen MR) is 45.1 cm³/mol. The Morgan fingerprint density at radius 1 is 1.73 bits per heavy atom. The van der Waals surface area contributed by atoms with Crippen molar-refractivity contribution in [2.45, 2.75) is 13.3 Å². The molecule has 0 radical (unpaired) electrons. The normalized spacial score (nSPS) is 22.7. The van der Waals surface area contributed by atoms with Crippen LogP contribution < -0.4 is 5.32 Å². The molecule has 0 saturated heterocycles. The van der Waals surface area contributed by atoms with Crippen molar-refractivity contribution >= 4 is 5.91 Å². The Bertz CT molecular complexity index is 216. The molecule has 0 aromatic heterocycles. The van der Waals surface area contributed by atoms with E-state index in [0.29, 0.717) is 0 Å². The molecule has 11 heavy (non-hydrogen) atoms. The second-order valence-electron chi connectivity index (χ2n) is 2.76. The molecule has 1 amide bonds. The minimum absolute atomic E-state index is 0.0451. The Balaban J connectivity index is 2.55. The molecule has 0 spiro atoms. The fourth-order valence-electron chi connectivity index (χ4n) is 1.11. The van der Waals surface area contributed by atoms with Crippen molar-refractivity contribution in [2.75, 3.05) is 7.05 Å². The van der Waals surface area contributed by atoms with E-state index in [1.165, 1.54) is 5.57 Å². The highest BCUT2D eigenvalue weighted by atomic mass is 16.1. The maximum absolute atomic E-state index is 11.1. The van der Waals surface area contributed by atoms with E-state index < -0.39 is 0 Å². The van der Waals surface area contributed by atoms with Crippen LogP contribution in [0.3, 0.4) is 0 Å². The Morgan fingerprint density at radius 2 is 2.45 bits per heavy atom. The molecule has 0 heterocycles. The van der Waals surface area contributed by atoms with Crippen LogP contribution in [0.5, 0.6) is 0 Å². The number of carbonyl (C=O) groups excluding carboxylic acids is 1. The van der Waals surface area contributed by atoms with Crippen molar-refractivity contribution < 1.29 is 4.79 Å². The van der Waals surface area contributed by atoms with Gasteiger partial charge in [-0.25, -0.2) is 0 Å². The van der Waals surface area contributed by atoms with Gasteiger partial charge in [-0.3, -0.25) is 4.79 Å². The molecule has 0 aliphatic heterocycles. The van der Waals surface area contributed by atoms with E-state index in [-0.39, 0.29) is 11.8 Å². The van der Waals surface area contributed by atoms with Gasteiger partial charge in [-0.15, -0.1) is 0 Å². The third-order valence-corrected chi connectivity index (χ3v) is 1.87. The zero-order valence-electron chi connectivity index (χ0n) is 6.92. The number of hydrogen-bond acceptors (Lipinski definition) is 1. The van der Waals surface area contributed by atoms with Gasteiger partial charge in [0.05, 0.1) is 5.92 Å². The lowest BCUT2D eigenvalue weighted by molar-refractivity contribution is -0.123. The van der Waals surface area contributed by atoms with E-state index in [9.17, 15) is 4.79 Å². The van der Waals surface area contributed by atoms with Crippen LogP contribution in [0.1, 0.15) is 13.3 Å². The molecule has 0 fully saturated rings. The van der Waals surface area contributed by atoms with E-state index in [2.05, 4.69) is 11.4 Å². The highest BCUT2D eigenvalue weighted by Crippen LogP contribution is 2.15. The van der Waals surface area contributed by atoms with Crippen LogP contribution in [0, 0.1) is 5.92 Å². The lowest BCUT2D eigenvalue weighted by Gasteiger charge is -2.12. The molecular formula is C9H13NO. The molecule has 1 unspecified atom stereocenters. The molecule has 1 rings (SSSR count). The first-order valence-electron chi connectivity index (χ1n) is 3.80. The van der Waals surface area contributed by atoms with Gasteiger partial charge in [0.1, 0.15) is 0 Å². The zero-order chi connectivity index (χ0) is 8.27. The number of nitrogens with one attached hydrogen (secondary N) is 1. The van der Waals surface area contributed by atoms with E-state index in [1.807, 2.05) is 19.1 Å². The van der Waals surface area contributed by atoms with Gasteiger partial charge in [0.25, 0.3) is 0 Å². The second kappa shape index (κ2) is 3.37. The molecule has 0 aromatic rings. The van der Waals surface area contributed by atoms with Gasteiger partial charge in [-0.2, -0.15) is 0 Å². The van der Waals surface area contributed by atoms with Crippen molar-refractivity contribution in [3.8, 4) is 0 Å². The molecule has 0 saturated carbocycles. The highest BCUT2D eigenvalue weighted by molar-refractivity contribution is 5.80. The van der Waals surface area contributed by atoms with Crippen LogP contribution in [0.2, 0.25) is 0 Å². The SMILES string of the molecule is CNC(=O)C1C=CC(C)=CC1. The Hall–Kier alpha value is -1.05. The number of amides is 1. The molecule has 1 atom stereocenters. The number of allylic oxidation sites excluding steroid dienone is 3. The van der Waals surface area contributed by atoms with Crippen molar-refractivity contribution in [3.63, 3.8) is 0 Å². The highest BCUT2D eigenvalue weighted by Gasteiger charge is 2.13. The van der Waals surface area contributed by atoms with Crippen molar-refractivity contribution in [2.24, 2.45) is 5.92 Å². The lowest BCUT2D eigenvalue weighted by Crippen LogP contribution is -2.26. The largest absolute Gasteiger partial charge is 0.359 e. The van der Waals surface area contributed by atoms with Gasteiger partial charge in [0.15, 0.2) is 0 Å². The quantitative estimate of drug-likeness (QED) is 0.600. The summed E-state index contributed by atoms with van der Waals surface area (Å²) in [5.41, 5.74) is 1.24. The van der Waals surface area contributed by atoms with Crippen LogP contribution in [0.4, 0.5) is 0 Å². The molecule has 1 aliphatic rings. The molecule has 1 N–H and O–H groups in total. The van der Waals surface area contributed by atoms with Crippen LogP contribution in [-0.2, 0) is 4.79 Å². The van der Waals surface area contributed by atoms with Gasteiger partial charge in [0, 0.05) is 7.05 Å². The first kappa shape index (κ1) is 8.05. The topological polar surface area (TPSA) is 29.1 Å². The molecule has 60 valence electrons. The fraction of sp³-hybridized carbons (Fsp3) is 0.444. The summed E-state index contributed by atoms with van der Waals surface area (Å²) in [4.78, 5) is 11.1. The first-order valence-corrected chi connectivity index (χ1v) is 3.80. The van der Waals surface area contributed by atoms with Gasteiger partial charge in [0.2, 0.25) is 5.91 Å². The van der Waals surface area contributed by atoms with Crippen LogP contribution >= 0.6 is 0 Å². The van der Waals surface area contributed by atoms with Crippen LogP contribution in [0.15, 0.2) is 23.8 Å². The first-order chi connectivity index (χ1) is 5.24. The summed E-state index contributed by atoms with van der Waals surface area (Å²) in [5.74, 6) is 0.147. The maximum Gasteiger partial charge on any atom is 0.226 e. The average molecular weight is 151 g/mol. The number of hydrogen-bond donors (Lipinski definition) is 1. The Morgan fingerprint density at radius 3 is 2.91 bits per heavy atom. The third kappa shape index (κ3) is 1.93. The third-order valence-electron chi connectivity index (χ3n) is 1.87. The second-order valence-corrected chi connectivity index (χ2v) is 2.76. The summed E-state index contributed by atoms with van der Waals surface area (Å²) < 4.78 is 0. The molecule has 0 bridgehead atoms. The zero-order valence-corrected chi connectivity index (χ0v) is 6.92. The fourth-order valence-corrected chi connectivity index (χ4v) is 1.11. The summed E-state index contributed by atoms with van der Waals surface area (Å²) in [5, 5.41) is 2.63. The summed E-state index contributed by atoms with van der Waals surface area (Å²) in [6.45, 7) is 2.04. The summed E-state index contributed by atoms with van der Waals surface area (Å²) in [7, 11) is 1.67. The van der Waals surface area contributed by atoms with E-state index in [0.717, 1.165) is 6.42 Å². The smallest absolute Gasteiger partial charge is 0.226 e. The molecule has 0 aromatic carbocycles. The van der Waals surface area contributed by atoms with E-state index in [1.54, 1.807) is 7.05 Å². The lowest BCUT2D eigenvalue weighted by atomic mass is 9.97. The van der Waals surface area contributed by atoms with Gasteiger partial charge < -0.3 is 5.32 Å². The molecule has 1 aliphatic carbocycles. The molecular weight excluding hydrogens is 138 g/mol. The standard InChI is InChI=1S/C9H13NO/c1-7-3-5-8(6-4-7)9(11)10-2/h3-5,8H,6H2,1-2H3,(H,10,11). The molecule has 2 heteroatoms. The summed E-state index contributed by atoms with van der Waals surface area (Å²) >= 11 is 0. The summed E-state index contributed by atoms with van der Waals surface area (Å²) in [6.07, 6.45) is 6.86. The van der Waals surface area contributed by atoms with Crippen molar-refractivity contribution in [1.29, 1.82) is 0 Å². The van der Waals surface area contributed by atoms with Crippen molar-refractivity contribution in [1.82, 2.24) is 5.32 Å². The Kier molecular flexibility index (Phi) is 2.47. The van der Waals surface area contributed by atoms with Crippen molar-refractivity contribution in [3.05, 3.63) is 23.8 Å². The monoisotopic (exact) mass is 151 g/mol. The van der Waals surface area contributed by atoms with Crippen LogP contribution in [0.25, 0.3) is 0 Å². The van der Waals surface area contributed by atoms with Gasteiger partial charge >= 0.3 is 0 Å². The average Bonchev–Trinajstić information content (AvgIpc) is 2.05. The minimum atomic E-state index is 0.0451. The predicted octanol–water partition coefficient (Wildman–Crippen LogP) is 1.25.